The van der Waals surface area contributed by atoms with Gasteiger partial charge in [0.05, 0.1) is 7.11 Å². The van der Waals surface area contributed by atoms with Crippen LogP contribution in [-0.4, -0.2) is 27.3 Å². The Kier molecular flexibility index (Phi) is 3.30. The number of nitrogens with zero attached hydrogens (tertiary/aromatic N) is 4. The van der Waals surface area contributed by atoms with Crippen molar-refractivity contribution in [1.82, 2.24) is 20.2 Å². The van der Waals surface area contributed by atoms with E-state index >= 15 is 0 Å². The van der Waals surface area contributed by atoms with Crippen LogP contribution >= 0.6 is 0 Å². The predicted octanol–water partition coefficient (Wildman–Crippen LogP) is 1.98. The maximum Gasteiger partial charge on any atom is 0.184 e. The molecule has 0 bridgehead atoms. The molecule has 6 nitrogen and oxygen atoms in total. The van der Waals surface area contributed by atoms with Crippen molar-refractivity contribution in [3.8, 4) is 17.1 Å². The maximum absolute atomic E-state index is 6.04. The van der Waals surface area contributed by atoms with Crippen molar-refractivity contribution in [1.29, 1.82) is 0 Å². The number of ether oxygens (including phenoxy) is 1. The van der Waals surface area contributed by atoms with Crippen LogP contribution < -0.4 is 10.5 Å². The number of methoxy groups -OCH3 is 1. The Morgan fingerprint density at radius 1 is 1.45 bits per heavy atom. The summed E-state index contributed by atoms with van der Waals surface area (Å²) >= 11 is 0. The molecule has 1 saturated carbocycles. The lowest BCUT2D eigenvalue weighted by molar-refractivity contribution is 0.402. The molecule has 0 saturated heterocycles. The van der Waals surface area contributed by atoms with Crippen molar-refractivity contribution in [2.45, 2.75) is 26.3 Å². The summed E-state index contributed by atoms with van der Waals surface area (Å²) < 4.78 is 7.09. The number of tetrazole rings is 1. The number of hydrogen-bond acceptors (Lipinski definition) is 5. The van der Waals surface area contributed by atoms with E-state index in [1.807, 2.05) is 22.9 Å². The van der Waals surface area contributed by atoms with Crippen LogP contribution in [0.2, 0.25) is 0 Å². The normalized spacial score (nSPS) is 16.1. The van der Waals surface area contributed by atoms with Gasteiger partial charge in [0.2, 0.25) is 0 Å². The van der Waals surface area contributed by atoms with Crippen LogP contribution in [0.5, 0.6) is 5.75 Å². The molecule has 1 aromatic heterocycles. The first-order valence-electron chi connectivity index (χ1n) is 6.89. The Labute approximate surface area is 117 Å². The molecule has 0 radical (unpaired) electrons. The van der Waals surface area contributed by atoms with E-state index in [1.165, 1.54) is 12.8 Å². The van der Waals surface area contributed by atoms with Gasteiger partial charge in [0, 0.05) is 17.8 Å². The van der Waals surface area contributed by atoms with E-state index in [2.05, 4.69) is 22.4 Å². The molecule has 1 heterocycles. The minimum absolute atomic E-state index is 0.587. The summed E-state index contributed by atoms with van der Waals surface area (Å²) in [6.07, 6.45) is 2.64. The fraction of sp³-hybridized carbons (Fsp3) is 0.500. The molecule has 1 fully saturated rings. The van der Waals surface area contributed by atoms with Crippen molar-refractivity contribution < 1.29 is 4.74 Å². The smallest absolute Gasteiger partial charge is 0.184 e. The van der Waals surface area contributed by atoms with E-state index in [9.17, 15) is 0 Å². The van der Waals surface area contributed by atoms with Crippen LogP contribution in [0.4, 0.5) is 5.69 Å². The monoisotopic (exact) mass is 273 g/mol. The molecule has 2 aromatic rings. The van der Waals surface area contributed by atoms with Gasteiger partial charge in [-0.05, 0) is 53.3 Å². The lowest BCUT2D eigenvalue weighted by Gasteiger charge is -2.12. The molecule has 1 aromatic carbocycles. The Bertz CT molecular complexity index is 605. The van der Waals surface area contributed by atoms with Gasteiger partial charge in [-0.1, -0.05) is 6.92 Å². The Balaban J connectivity index is 1.91. The summed E-state index contributed by atoms with van der Waals surface area (Å²) in [7, 11) is 1.63. The molecule has 1 aliphatic rings. The summed E-state index contributed by atoms with van der Waals surface area (Å²) in [5.41, 5.74) is 7.51. The van der Waals surface area contributed by atoms with Gasteiger partial charge >= 0.3 is 0 Å². The Morgan fingerprint density at radius 3 is 2.95 bits per heavy atom. The number of nitrogens with two attached hydrogens (primary N) is 1. The fourth-order valence-corrected chi connectivity index (χ4v) is 2.46. The van der Waals surface area contributed by atoms with E-state index in [-0.39, 0.29) is 0 Å². The molecule has 0 amide bonds. The number of aromatic nitrogens is 4. The molecular formula is C14H19N5O. The van der Waals surface area contributed by atoms with E-state index in [0.29, 0.717) is 17.4 Å². The Hall–Kier alpha value is -2.11. The minimum Gasteiger partial charge on any atom is -0.497 e. The molecule has 0 spiro atoms. The van der Waals surface area contributed by atoms with Gasteiger partial charge in [-0.25, -0.2) is 4.68 Å². The molecule has 3 rings (SSSR count). The van der Waals surface area contributed by atoms with Crippen LogP contribution in [0.3, 0.4) is 0 Å². The second-order valence-electron chi connectivity index (χ2n) is 5.45. The molecule has 106 valence electrons. The van der Waals surface area contributed by atoms with Crippen molar-refractivity contribution in [2.24, 2.45) is 11.8 Å². The molecule has 2 N–H and O–H groups in total. The topological polar surface area (TPSA) is 78.8 Å². The summed E-state index contributed by atoms with van der Waals surface area (Å²) in [6.45, 7) is 3.07. The summed E-state index contributed by atoms with van der Waals surface area (Å²) in [5, 5.41) is 12.0. The van der Waals surface area contributed by atoms with E-state index < -0.39 is 0 Å². The van der Waals surface area contributed by atoms with E-state index in [1.54, 1.807) is 7.11 Å². The van der Waals surface area contributed by atoms with Gasteiger partial charge < -0.3 is 10.5 Å². The molecule has 1 aliphatic carbocycles. The standard InChI is InChI=1S/C14H19N5O/c1-9(10-3-4-10)8-19-14(16-17-18-19)12-7-11(20-2)5-6-13(12)15/h5-7,9-10H,3-4,8,15H2,1-2H3. The highest BCUT2D eigenvalue weighted by atomic mass is 16.5. The van der Waals surface area contributed by atoms with Gasteiger partial charge in [-0.2, -0.15) is 0 Å². The minimum atomic E-state index is 0.587. The molecule has 6 heteroatoms. The largest absolute Gasteiger partial charge is 0.497 e. The number of hydrogen-bond donors (Lipinski definition) is 1. The quantitative estimate of drug-likeness (QED) is 0.843. The van der Waals surface area contributed by atoms with Crippen molar-refractivity contribution in [3.63, 3.8) is 0 Å². The fourth-order valence-electron chi connectivity index (χ4n) is 2.46. The number of anilines is 1. The van der Waals surface area contributed by atoms with Crippen molar-refractivity contribution in [3.05, 3.63) is 18.2 Å². The molecule has 1 atom stereocenters. The lowest BCUT2D eigenvalue weighted by Crippen LogP contribution is -2.12. The zero-order valence-electron chi connectivity index (χ0n) is 11.8. The van der Waals surface area contributed by atoms with Gasteiger partial charge in [0.15, 0.2) is 5.82 Å². The van der Waals surface area contributed by atoms with Crippen molar-refractivity contribution >= 4 is 5.69 Å². The number of rotatable bonds is 5. The third kappa shape index (κ3) is 2.45. The van der Waals surface area contributed by atoms with Crippen LogP contribution in [0, 0.1) is 11.8 Å². The van der Waals surface area contributed by atoms with Crippen LogP contribution in [0.1, 0.15) is 19.8 Å². The second-order valence-corrected chi connectivity index (χ2v) is 5.45. The predicted molar refractivity (Wildman–Crippen MR) is 76.1 cm³/mol. The average Bonchev–Trinajstić information content (AvgIpc) is 3.21. The second kappa shape index (κ2) is 5.11. The highest BCUT2D eigenvalue weighted by Gasteiger charge is 2.29. The number of nitrogen functional groups attached to an aromatic ring is 1. The van der Waals surface area contributed by atoms with Gasteiger partial charge in [-0.15, -0.1) is 5.10 Å². The number of benzene rings is 1. The van der Waals surface area contributed by atoms with Crippen LogP contribution in [0.15, 0.2) is 18.2 Å². The summed E-state index contributed by atoms with van der Waals surface area (Å²) in [4.78, 5) is 0. The summed E-state index contributed by atoms with van der Waals surface area (Å²) in [6, 6.07) is 5.52. The average molecular weight is 273 g/mol. The first-order valence-corrected chi connectivity index (χ1v) is 6.89. The summed E-state index contributed by atoms with van der Waals surface area (Å²) in [5.74, 6) is 2.85. The zero-order chi connectivity index (χ0) is 14.1. The molecule has 0 aliphatic heterocycles. The SMILES string of the molecule is COc1ccc(N)c(-c2nnnn2CC(C)C2CC2)c1. The van der Waals surface area contributed by atoms with E-state index in [4.69, 9.17) is 10.5 Å². The molecular weight excluding hydrogens is 254 g/mol. The highest BCUT2D eigenvalue weighted by molar-refractivity contribution is 5.73. The van der Waals surface area contributed by atoms with Crippen LogP contribution in [-0.2, 0) is 6.54 Å². The van der Waals surface area contributed by atoms with E-state index in [0.717, 1.165) is 23.8 Å². The zero-order valence-corrected chi connectivity index (χ0v) is 11.8. The third-order valence-corrected chi connectivity index (χ3v) is 3.92. The van der Waals surface area contributed by atoms with Crippen LogP contribution in [0.25, 0.3) is 11.4 Å². The van der Waals surface area contributed by atoms with Gasteiger partial charge in [0.1, 0.15) is 5.75 Å². The lowest BCUT2D eigenvalue weighted by atomic mass is 10.1. The van der Waals surface area contributed by atoms with Gasteiger partial charge in [0.25, 0.3) is 0 Å². The van der Waals surface area contributed by atoms with Crippen molar-refractivity contribution in [2.75, 3.05) is 12.8 Å². The Morgan fingerprint density at radius 2 is 2.25 bits per heavy atom. The molecule has 1 unspecified atom stereocenters. The van der Waals surface area contributed by atoms with Gasteiger partial charge in [-0.3, -0.25) is 0 Å². The highest BCUT2D eigenvalue weighted by Crippen LogP contribution is 2.37. The first-order chi connectivity index (χ1) is 9.69. The first kappa shape index (κ1) is 12.9. The molecule has 20 heavy (non-hydrogen) atoms. The maximum atomic E-state index is 6.04. The third-order valence-electron chi connectivity index (χ3n) is 3.92.